The minimum Gasteiger partial charge on any atom is -0.472 e. The Bertz CT molecular complexity index is 1260. The van der Waals surface area contributed by atoms with E-state index in [9.17, 15) is 19.1 Å². The average Bonchev–Trinajstić information content (AvgIpc) is 2.90. The molecule has 0 saturated carbocycles. The maximum Gasteiger partial charge on any atom is 0.259 e. The predicted octanol–water partition coefficient (Wildman–Crippen LogP) is 4.19. The number of carbonyl (C=O) groups excluding carboxylic acids is 2. The van der Waals surface area contributed by atoms with E-state index in [0.29, 0.717) is 17.7 Å². The van der Waals surface area contributed by atoms with E-state index in [1.807, 2.05) is 38.1 Å². The van der Waals surface area contributed by atoms with Crippen LogP contribution in [0.2, 0.25) is 0 Å². The largest absolute Gasteiger partial charge is 0.472 e. The Balaban J connectivity index is 1.67. The third-order valence-corrected chi connectivity index (χ3v) is 6.80. The van der Waals surface area contributed by atoms with E-state index in [4.69, 9.17) is 4.74 Å². The molecular formula is C29H32FN3O4. The van der Waals surface area contributed by atoms with Crippen LogP contribution < -0.4 is 4.74 Å². The van der Waals surface area contributed by atoms with E-state index >= 15 is 0 Å². The Morgan fingerprint density at radius 1 is 1.19 bits per heavy atom. The summed E-state index contributed by atoms with van der Waals surface area (Å²) in [5.74, 6) is -0.925. The van der Waals surface area contributed by atoms with Gasteiger partial charge in [0, 0.05) is 36.8 Å². The SMILES string of the molecule is Cc1ccc(-c2cnc3c(c2)C(=O)N([C@H](C)CO)C[C@H](C)[C@H](CN(C)C(=O)c2ccc(F)cc2)O3)cc1. The van der Waals surface area contributed by atoms with Crippen LogP contribution in [-0.2, 0) is 0 Å². The summed E-state index contributed by atoms with van der Waals surface area (Å²) in [6, 6.07) is 14.7. The number of carbonyl (C=O) groups is 2. The minimum absolute atomic E-state index is 0.173. The Labute approximate surface area is 216 Å². The van der Waals surface area contributed by atoms with Gasteiger partial charge in [0.2, 0.25) is 5.88 Å². The maximum atomic E-state index is 13.6. The Morgan fingerprint density at radius 2 is 1.86 bits per heavy atom. The molecule has 1 aromatic heterocycles. The zero-order valence-corrected chi connectivity index (χ0v) is 21.5. The zero-order chi connectivity index (χ0) is 26.7. The van der Waals surface area contributed by atoms with Gasteiger partial charge in [-0.1, -0.05) is 36.8 Å². The number of aliphatic hydroxyl groups excluding tert-OH is 1. The monoisotopic (exact) mass is 505 g/mol. The van der Waals surface area contributed by atoms with Gasteiger partial charge in [0.15, 0.2) is 0 Å². The number of rotatable bonds is 6. The molecule has 0 aliphatic carbocycles. The lowest BCUT2D eigenvalue weighted by atomic mass is 9.98. The molecule has 1 aliphatic rings. The van der Waals surface area contributed by atoms with Crippen molar-refractivity contribution in [1.29, 1.82) is 0 Å². The van der Waals surface area contributed by atoms with Crippen molar-refractivity contribution in [3.63, 3.8) is 0 Å². The molecule has 3 atom stereocenters. The van der Waals surface area contributed by atoms with Crippen molar-refractivity contribution < 1.29 is 23.8 Å². The van der Waals surface area contributed by atoms with Crippen LogP contribution >= 0.6 is 0 Å². The highest BCUT2D eigenvalue weighted by Gasteiger charge is 2.35. The molecule has 0 unspecified atom stereocenters. The first-order valence-corrected chi connectivity index (χ1v) is 12.3. The van der Waals surface area contributed by atoms with Gasteiger partial charge >= 0.3 is 0 Å². The highest BCUT2D eigenvalue weighted by molar-refractivity contribution is 5.98. The van der Waals surface area contributed by atoms with Crippen LogP contribution in [0.4, 0.5) is 4.39 Å². The average molecular weight is 506 g/mol. The molecule has 3 aromatic rings. The first-order chi connectivity index (χ1) is 17.7. The lowest BCUT2D eigenvalue weighted by Crippen LogP contribution is -2.50. The summed E-state index contributed by atoms with van der Waals surface area (Å²) in [5, 5.41) is 9.87. The number of pyridine rings is 1. The standard InChI is InChI=1S/C29H32FN3O4/c1-18-5-7-21(8-6-18)23-13-25-27(31-14-23)37-26(19(2)15-33(29(25)36)20(3)17-34)16-32(4)28(35)22-9-11-24(30)12-10-22/h5-14,19-20,26,34H,15-17H2,1-4H3/t19-,20+,26-/m0/s1. The van der Waals surface area contributed by atoms with Crippen LogP contribution in [-0.4, -0.2) is 70.6 Å². The first kappa shape index (κ1) is 26.3. The quantitative estimate of drug-likeness (QED) is 0.543. The molecule has 2 amide bonds. The van der Waals surface area contributed by atoms with Crippen LogP contribution in [0.3, 0.4) is 0 Å². The number of halogens is 1. The minimum atomic E-state index is -0.479. The van der Waals surface area contributed by atoms with Crippen molar-refractivity contribution in [2.24, 2.45) is 5.92 Å². The van der Waals surface area contributed by atoms with E-state index in [-0.39, 0.29) is 36.8 Å². The lowest BCUT2D eigenvalue weighted by molar-refractivity contribution is 0.0313. The van der Waals surface area contributed by atoms with E-state index in [0.717, 1.165) is 16.7 Å². The zero-order valence-electron chi connectivity index (χ0n) is 21.5. The number of amides is 2. The molecule has 0 fully saturated rings. The number of nitrogens with zero attached hydrogens (tertiary/aromatic N) is 3. The molecule has 194 valence electrons. The van der Waals surface area contributed by atoms with Crippen molar-refractivity contribution in [3.05, 3.63) is 83.3 Å². The summed E-state index contributed by atoms with van der Waals surface area (Å²) >= 11 is 0. The van der Waals surface area contributed by atoms with Crippen molar-refractivity contribution >= 4 is 11.8 Å². The number of likely N-dealkylation sites (N-methyl/N-ethyl adjacent to an activating group) is 1. The molecule has 8 heteroatoms. The normalized spacial score (nSPS) is 18.3. The van der Waals surface area contributed by atoms with Gasteiger partial charge in [-0.05, 0) is 49.7 Å². The van der Waals surface area contributed by atoms with E-state index in [2.05, 4.69) is 4.98 Å². The third-order valence-electron chi connectivity index (χ3n) is 6.80. The Morgan fingerprint density at radius 3 is 2.51 bits per heavy atom. The molecule has 1 N–H and O–H groups in total. The number of aliphatic hydroxyl groups is 1. The van der Waals surface area contributed by atoms with Gasteiger partial charge in [-0.2, -0.15) is 0 Å². The van der Waals surface area contributed by atoms with Gasteiger partial charge in [-0.15, -0.1) is 0 Å². The summed E-state index contributed by atoms with van der Waals surface area (Å²) in [7, 11) is 1.66. The van der Waals surface area contributed by atoms with Gasteiger partial charge in [0.1, 0.15) is 17.5 Å². The predicted molar refractivity (Wildman–Crippen MR) is 139 cm³/mol. The second-order valence-corrected chi connectivity index (χ2v) is 9.76. The summed E-state index contributed by atoms with van der Waals surface area (Å²) in [6.07, 6.45) is 1.19. The van der Waals surface area contributed by atoms with Crippen molar-refractivity contribution in [2.75, 3.05) is 26.7 Å². The van der Waals surface area contributed by atoms with Gasteiger partial charge in [0.25, 0.3) is 11.8 Å². The fraction of sp³-hybridized carbons (Fsp3) is 0.345. The molecule has 0 bridgehead atoms. The summed E-state index contributed by atoms with van der Waals surface area (Å²) in [4.78, 5) is 34.3. The van der Waals surface area contributed by atoms with Crippen LogP contribution in [0, 0.1) is 18.7 Å². The second-order valence-electron chi connectivity index (χ2n) is 9.76. The fourth-order valence-electron chi connectivity index (χ4n) is 4.39. The van der Waals surface area contributed by atoms with Crippen LogP contribution in [0.1, 0.15) is 40.1 Å². The highest BCUT2D eigenvalue weighted by atomic mass is 19.1. The van der Waals surface area contributed by atoms with Crippen LogP contribution in [0.25, 0.3) is 11.1 Å². The molecule has 4 rings (SSSR count). The van der Waals surface area contributed by atoms with E-state index in [1.54, 1.807) is 31.1 Å². The molecule has 2 heterocycles. The molecule has 1 aliphatic heterocycles. The number of benzene rings is 2. The molecule has 7 nitrogen and oxygen atoms in total. The highest BCUT2D eigenvalue weighted by Crippen LogP contribution is 2.30. The van der Waals surface area contributed by atoms with Gasteiger partial charge < -0.3 is 19.6 Å². The van der Waals surface area contributed by atoms with Crippen molar-refractivity contribution in [3.8, 4) is 17.0 Å². The molecule has 0 saturated heterocycles. The topological polar surface area (TPSA) is 83.0 Å². The van der Waals surface area contributed by atoms with Gasteiger partial charge in [-0.25, -0.2) is 9.37 Å². The molecule has 0 radical (unpaired) electrons. The molecule has 2 aromatic carbocycles. The summed E-state index contributed by atoms with van der Waals surface area (Å²) in [5.41, 5.74) is 3.51. The van der Waals surface area contributed by atoms with E-state index in [1.165, 1.54) is 29.2 Å². The number of aryl methyl sites for hydroxylation is 1. The van der Waals surface area contributed by atoms with Crippen molar-refractivity contribution in [1.82, 2.24) is 14.8 Å². The smallest absolute Gasteiger partial charge is 0.259 e. The van der Waals surface area contributed by atoms with E-state index < -0.39 is 18.0 Å². The lowest BCUT2D eigenvalue weighted by Gasteiger charge is -2.37. The van der Waals surface area contributed by atoms with Gasteiger partial charge in [-0.3, -0.25) is 9.59 Å². The van der Waals surface area contributed by atoms with Crippen molar-refractivity contribution in [2.45, 2.75) is 32.9 Å². The summed E-state index contributed by atoms with van der Waals surface area (Å²) in [6.45, 7) is 6.12. The first-order valence-electron chi connectivity index (χ1n) is 12.3. The summed E-state index contributed by atoms with van der Waals surface area (Å²) < 4.78 is 19.6. The number of hydrogen-bond donors (Lipinski definition) is 1. The fourth-order valence-corrected chi connectivity index (χ4v) is 4.39. The molecular weight excluding hydrogens is 473 g/mol. The molecule has 37 heavy (non-hydrogen) atoms. The Hall–Kier alpha value is -3.78. The number of hydrogen-bond acceptors (Lipinski definition) is 5. The number of fused-ring (bicyclic) bond motifs is 1. The van der Waals surface area contributed by atoms with Gasteiger partial charge in [0.05, 0.1) is 19.2 Å². The number of ether oxygens (including phenoxy) is 1. The third kappa shape index (κ3) is 5.80. The Kier molecular flexibility index (Phi) is 7.88. The second kappa shape index (κ2) is 11.1. The van der Waals surface area contributed by atoms with Crippen LogP contribution in [0.5, 0.6) is 5.88 Å². The maximum absolute atomic E-state index is 13.6. The van der Waals surface area contributed by atoms with Crippen LogP contribution in [0.15, 0.2) is 60.8 Å². The molecule has 0 spiro atoms. The number of aromatic nitrogens is 1.